The predicted octanol–water partition coefficient (Wildman–Crippen LogP) is 1.82. The van der Waals surface area contributed by atoms with Crippen LogP contribution in [0.15, 0.2) is 12.3 Å². The average molecular weight is 284 g/mol. The summed E-state index contributed by atoms with van der Waals surface area (Å²) in [6, 6.07) is 1.56. The van der Waals surface area contributed by atoms with Gasteiger partial charge in [-0.15, -0.1) is 0 Å². The summed E-state index contributed by atoms with van der Waals surface area (Å²) >= 11 is 5.94. The van der Waals surface area contributed by atoms with Gasteiger partial charge < -0.3 is 15.4 Å². The molecule has 0 aliphatic carbocycles. The summed E-state index contributed by atoms with van der Waals surface area (Å²) < 4.78 is 5.41. The van der Waals surface area contributed by atoms with Crippen molar-refractivity contribution in [3.05, 3.63) is 23.0 Å². The van der Waals surface area contributed by atoms with Crippen LogP contribution in [0, 0.1) is 5.92 Å². The second-order valence-electron chi connectivity index (χ2n) is 4.88. The molecule has 19 heavy (non-hydrogen) atoms. The van der Waals surface area contributed by atoms with Gasteiger partial charge in [-0.25, -0.2) is 4.98 Å². The Labute approximate surface area is 117 Å². The molecule has 0 saturated carbocycles. The standard InChI is InChI=1S/C13H18ClN3O2/c1-17(7-9-3-2-4-19-8-9)13(18)11-5-10(15)6-16-12(11)14/h5-6,9H,2-4,7-8,15H2,1H3. The Balaban J connectivity index is 2.03. The second kappa shape index (κ2) is 6.21. The normalized spacial score (nSPS) is 19.2. The smallest absolute Gasteiger partial charge is 0.256 e. The lowest BCUT2D eigenvalue weighted by atomic mass is 10.0. The van der Waals surface area contributed by atoms with Gasteiger partial charge in [-0.1, -0.05) is 11.6 Å². The van der Waals surface area contributed by atoms with Gasteiger partial charge in [-0.3, -0.25) is 4.79 Å². The van der Waals surface area contributed by atoms with Crippen LogP contribution >= 0.6 is 11.6 Å². The molecule has 0 radical (unpaired) electrons. The van der Waals surface area contributed by atoms with Gasteiger partial charge in [0.1, 0.15) is 5.15 Å². The van der Waals surface area contributed by atoms with Crippen molar-refractivity contribution in [2.45, 2.75) is 12.8 Å². The van der Waals surface area contributed by atoms with E-state index >= 15 is 0 Å². The minimum atomic E-state index is -0.157. The Hall–Kier alpha value is -1.33. The highest BCUT2D eigenvalue weighted by Gasteiger charge is 2.21. The molecule has 0 spiro atoms. The number of ether oxygens (including phenoxy) is 1. The van der Waals surface area contributed by atoms with Crippen molar-refractivity contribution >= 4 is 23.2 Å². The summed E-state index contributed by atoms with van der Waals surface area (Å²) in [5.41, 5.74) is 6.42. The molecular weight excluding hydrogens is 266 g/mol. The fourth-order valence-corrected chi connectivity index (χ4v) is 2.43. The first kappa shape index (κ1) is 14.1. The molecule has 2 heterocycles. The number of nitrogens with zero attached hydrogens (tertiary/aromatic N) is 2. The number of carbonyl (C=O) groups is 1. The van der Waals surface area contributed by atoms with Crippen LogP contribution < -0.4 is 5.73 Å². The molecule has 0 bridgehead atoms. The summed E-state index contributed by atoms with van der Waals surface area (Å²) in [4.78, 5) is 17.8. The number of anilines is 1. The molecule has 104 valence electrons. The highest BCUT2D eigenvalue weighted by Crippen LogP contribution is 2.19. The van der Waals surface area contributed by atoms with Gasteiger partial charge in [0.05, 0.1) is 24.1 Å². The number of amides is 1. The third-order valence-corrected chi connectivity index (χ3v) is 3.53. The number of rotatable bonds is 3. The van der Waals surface area contributed by atoms with Crippen LogP contribution in [0.2, 0.25) is 5.15 Å². The average Bonchev–Trinajstić information content (AvgIpc) is 2.42. The zero-order valence-electron chi connectivity index (χ0n) is 10.9. The number of hydrogen-bond donors (Lipinski definition) is 1. The van der Waals surface area contributed by atoms with Crippen molar-refractivity contribution in [2.75, 3.05) is 32.5 Å². The lowest BCUT2D eigenvalue weighted by molar-refractivity contribution is 0.0388. The van der Waals surface area contributed by atoms with Crippen molar-refractivity contribution in [1.82, 2.24) is 9.88 Å². The van der Waals surface area contributed by atoms with Crippen molar-refractivity contribution < 1.29 is 9.53 Å². The maximum atomic E-state index is 12.3. The maximum absolute atomic E-state index is 12.3. The van der Waals surface area contributed by atoms with E-state index < -0.39 is 0 Å². The molecule has 5 nitrogen and oxygen atoms in total. The van der Waals surface area contributed by atoms with Crippen LogP contribution in [0.25, 0.3) is 0 Å². The molecule has 2 N–H and O–H groups in total. The van der Waals surface area contributed by atoms with Gasteiger partial charge in [0.15, 0.2) is 0 Å². The summed E-state index contributed by atoms with van der Waals surface area (Å²) in [6.07, 6.45) is 3.57. The number of halogens is 1. The number of carbonyl (C=O) groups excluding carboxylic acids is 1. The molecule has 2 rings (SSSR count). The molecule has 0 aromatic carbocycles. The van der Waals surface area contributed by atoms with Crippen LogP contribution in [0.3, 0.4) is 0 Å². The predicted molar refractivity (Wildman–Crippen MR) is 74.2 cm³/mol. The Morgan fingerprint density at radius 3 is 3.16 bits per heavy atom. The van der Waals surface area contributed by atoms with Gasteiger partial charge in [0.25, 0.3) is 5.91 Å². The van der Waals surface area contributed by atoms with Crippen molar-refractivity contribution in [1.29, 1.82) is 0 Å². The quantitative estimate of drug-likeness (QED) is 0.859. The first-order valence-electron chi connectivity index (χ1n) is 6.32. The monoisotopic (exact) mass is 283 g/mol. The first-order valence-corrected chi connectivity index (χ1v) is 6.70. The molecule has 1 saturated heterocycles. The zero-order valence-corrected chi connectivity index (χ0v) is 11.7. The van der Waals surface area contributed by atoms with Crippen LogP contribution in [0.4, 0.5) is 5.69 Å². The molecule has 1 aromatic rings. The Morgan fingerprint density at radius 1 is 1.68 bits per heavy atom. The fraction of sp³-hybridized carbons (Fsp3) is 0.538. The first-order chi connectivity index (χ1) is 9.08. The fourth-order valence-electron chi connectivity index (χ4n) is 2.24. The Morgan fingerprint density at radius 2 is 2.47 bits per heavy atom. The summed E-state index contributed by atoms with van der Waals surface area (Å²) in [5, 5.41) is 0.186. The molecular formula is C13H18ClN3O2. The highest BCUT2D eigenvalue weighted by atomic mass is 35.5. The molecule has 1 fully saturated rings. The van der Waals surface area contributed by atoms with Gasteiger partial charge in [0.2, 0.25) is 0 Å². The minimum Gasteiger partial charge on any atom is -0.397 e. The van der Waals surface area contributed by atoms with E-state index in [0.717, 1.165) is 19.4 Å². The maximum Gasteiger partial charge on any atom is 0.256 e. The van der Waals surface area contributed by atoms with Crippen LogP contribution in [-0.2, 0) is 4.74 Å². The van der Waals surface area contributed by atoms with Crippen molar-refractivity contribution in [3.8, 4) is 0 Å². The zero-order chi connectivity index (χ0) is 13.8. The van der Waals surface area contributed by atoms with E-state index in [9.17, 15) is 4.79 Å². The number of nitrogens with two attached hydrogens (primary N) is 1. The number of aromatic nitrogens is 1. The third kappa shape index (κ3) is 3.58. The van der Waals surface area contributed by atoms with Crippen LogP contribution in [0.1, 0.15) is 23.2 Å². The summed E-state index contributed by atoms with van der Waals surface area (Å²) in [7, 11) is 1.76. The largest absolute Gasteiger partial charge is 0.397 e. The molecule has 1 aliphatic rings. The lowest BCUT2D eigenvalue weighted by Crippen LogP contribution is -2.35. The van der Waals surface area contributed by atoms with Crippen LogP contribution in [0.5, 0.6) is 0 Å². The van der Waals surface area contributed by atoms with E-state index in [0.29, 0.717) is 30.3 Å². The number of nitrogen functional groups attached to an aromatic ring is 1. The lowest BCUT2D eigenvalue weighted by Gasteiger charge is -2.27. The van der Waals surface area contributed by atoms with E-state index in [2.05, 4.69) is 4.98 Å². The van der Waals surface area contributed by atoms with Crippen LogP contribution in [-0.4, -0.2) is 42.6 Å². The van der Waals surface area contributed by atoms with E-state index in [-0.39, 0.29) is 11.1 Å². The van der Waals surface area contributed by atoms with E-state index in [1.165, 1.54) is 6.20 Å². The van der Waals surface area contributed by atoms with E-state index in [1.54, 1.807) is 18.0 Å². The summed E-state index contributed by atoms with van der Waals surface area (Å²) in [6.45, 7) is 2.18. The topological polar surface area (TPSA) is 68.5 Å². The van der Waals surface area contributed by atoms with Gasteiger partial charge in [-0.05, 0) is 24.8 Å². The Bertz CT molecular complexity index is 461. The molecule has 6 heteroatoms. The van der Waals surface area contributed by atoms with Gasteiger partial charge >= 0.3 is 0 Å². The molecule has 1 atom stereocenters. The van der Waals surface area contributed by atoms with Crippen molar-refractivity contribution in [3.63, 3.8) is 0 Å². The second-order valence-corrected chi connectivity index (χ2v) is 5.23. The molecule has 1 aliphatic heterocycles. The number of hydrogen-bond acceptors (Lipinski definition) is 4. The SMILES string of the molecule is CN(CC1CCCOC1)C(=O)c1cc(N)cnc1Cl. The van der Waals surface area contributed by atoms with Crippen molar-refractivity contribution in [2.24, 2.45) is 5.92 Å². The molecule has 1 amide bonds. The molecule has 1 aromatic heterocycles. The third-order valence-electron chi connectivity index (χ3n) is 3.22. The molecule has 1 unspecified atom stereocenters. The van der Waals surface area contributed by atoms with Gasteiger partial charge in [0, 0.05) is 20.2 Å². The number of pyridine rings is 1. The van der Waals surface area contributed by atoms with Gasteiger partial charge in [-0.2, -0.15) is 0 Å². The Kier molecular flexibility index (Phi) is 4.61. The van der Waals surface area contributed by atoms with E-state index in [1.807, 2.05) is 0 Å². The van der Waals surface area contributed by atoms with E-state index in [4.69, 9.17) is 22.1 Å². The summed E-state index contributed by atoms with van der Waals surface area (Å²) in [5.74, 6) is 0.228. The minimum absolute atomic E-state index is 0.157. The highest BCUT2D eigenvalue weighted by molar-refractivity contribution is 6.32.